The molecule has 1 aromatic rings. The number of hydrogen-bond acceptors (Lipinski definition) is 3. The number of nitrogens with zero attached hydrogens (tertiary/aromatic N) is 2. The van der Waals surface area contributed by atoms with Crippen LogP contribution in [-0.4, -0.2) is 24.1 Å². The summed E-state index contributed by atoms with van der Waals surface area (Å²) in [6.07, 6.45) is -0.991. The van der Waals surface area contributed by atoms with E-state index in [1.807, 2.05) is 4.90 Å². The molecule has 1 aliphatic carbocycles. The van der Waals surface area contributed by atoms with Gasteiger partial charge in [0, 0.05) is 31.0 Å². The number of nitrogens with two attached hydrogens (primary N) is 1. The van der Waals surface area contributed by atoms with Crippen LogP contribution in [0, 0.1) is 11.8 Å². The molecule has 0 radical (unpaired) electrons. The first-order valence-electron chi connectivity index (χ1n) is 6.49. The Morgan fingerprint density at radius 2 is 1.84 bits per heavy atom. The quantitative estimate of drug-likeness (QED) is 0.852. The van der Waals surface area contributed by atoms with Gasteiger partial charge in [0.25, 0.3) is 0 Å². The zero-order valence-corrected chi connectivity index (χ0v) is 10.4. The first-order valence-corrected chi connectivity index (χ1v) is 6.49. The number of halogens is 3. The van der Waals surface area contributed by atoms with E-state index in [0.29, 0.717) is 17.5 Å². The lowest BCUT2D eigenvalue weighted by atomic mass is 9.93. The fourth-order valence-corrected chi connectivity index (χ4v) is 3.25. The van der Waals surface area contributed by atoms with Gasteiger partial charge in [-0.25, -0.2) is 0 Å². The SMILES string of the molecule is N[C@H]1[C@@H]2CC[C@H]1CN(c1ccnc(C(F)(F)F)c1)C2. The van der Waals surface area contributed by atoms with Crippen LogP contribution in [0.1, 0.15) is 18.5 Å². The average Bonchev–Trinajstić information content (AvgIpc) is 2.61. The summed E-state index contributed by atoms with van der Waals surface area (Å²) in [7, 11) is 0. The van der Waals surface area contributed by atoms with Crippen LogP contribution in [0.25, 0.3) is 0 Å². The number of anilines is 1. The van der Waals surface area contributed by atoms with Crippen LogP contribution in [0.3, 0.4) is 0 Å². The predicted octanol–water partition coefficient (Wildman–Crippen LogP) is 2.27. The molecule has 0 spiro atoms. The number of rotatable bonds is 1. The summed E-state index contributed by atoms with van der Waals surface area (Å²) in [6, 6.07) is 2.99. The number of fused-ring (bicyclic) bond motifs is 2. The first kappa shape index (κ1) is 12.7. The third kappa shape index (κ3) is 2.29. The van der Waals surface area contributed by atoms with Crippen LogP contribution in [0.15, 0.2) is 18.3 Å². The molecule has 2 heterocycles. The molecule has 19 heavy (non-hydrogen) atoms. The Bertz CT molecular complexity index is 460. The summed E-state index contributed by atoms with van der Waals surface area (Å²) < 4.78 is 38.0. The van der Waals surface area contributed by atoms with E-state index in [1.54, 1.807) is 6.07 Å². The summed E-state index contributed by atoms with van der Waals surface area (Å²) in [5.74, 6) is 0.808. The van der Waals surface area contributed by atoms with Gasteiger partial charge >= 0.3 is 6.18 Å². The molecule has 2 bridgehead atoms. The lowest BCUT2D eigenvalue weighted by Crippen LogP contribution is -2.48. The van der Waals surface area contributed by atoms with Crippen LogP contribution in [0.5, 0.6) is 0 Å². The summed E-state index contributed by atoms with van der Waals surface area (Å²) in [4.78, 5) is 5.41. The molecule has 104 valence electrons. The minimum absolute atomic E-state index is 0.208. The van der Waals surface area contributed by atoms with Gasteiger partial charge in [0.05, 0.1) is 0 Å². The van der Waals surface area contributed by atoms with E-state index in [1.165, 1.54) is 6.20 Å². The molecule has 0 amide bonds. The monoisotopic (exact) mass is 271 g/mol. The molecule has 0 aromatic carbocycles. The van der Waals surface area contributed by atoms with Gasteiger partial charge in [0.1, 0.15) is 5.69 Å². The van der Waals surface area contributed by atoms with Gasteiger partial charge in [-0.2, -0.15) is 13.2 Å². The van der Waals surface area contributed by atoms with Crippen molar-refractivity contribution in [2.75, 3.05) is 18.0 Å². The van der Waals surface area contributed by atoms with E-state index in [4.69, 9.17) is 5.73 Å². The molecule has 6 heteroatoms. The smallest absolute Gasteiger partial charge is 0.371 e. The highest BCUT2D eigenvalue weighted by Crippen LogP contribution is 2.38. The Balaban J connectivity index is 1.84. The van der Waals surface area contributed by atoms with Crippen molar-refractivity contribution >= 4 is 5.69 Å². The molecule has 1 aromatic heterocycles. The Morgan fingerprint density at radius 3 is 2.42 bits per heavy atom. The van der Waals surface area contributed by atoms with Crippen molar-refractivity contribution in [1.29, 1.82) is 0 Å². The van der Waals surface area contributed by atoms with Gasteiger partial charge in [-0.3, -0.25) is 4.98 Å². The maximum absolute atomic E-state index is 12.7. The Hall–Kier alpha value is -1.30. The average molecular weight is 271 g/mol. The van der Waals surface area contributed by atoms with E-state index >= 15 is 0 Å². The number of aromatic nitrogens is 1. The minimum Gasteiger partial charge on any atom is -0.371 e. The van der Waals surface area contributed by atoms with Crippen LogP contribution in [0.2, 0.25) is 0 Å². The van der Waals surface area contributed by atoms with Crippen molar-refractivity contribution in [3.05, 3.63) is 24.0 Å². The largest absolute Gasteiger partial charge is 0.433 e. The highest BCUT2D eigenvalue weighted by molar-refractivity contribution is 5.48. The van der Waals surface area contributed by atoms with E-state index in [-0.39, 0.29) is 6.04 Å². The lowest BCUT2D eigenvalue weighted by molar-refractivity contribution is -0.141. The maximum atomic E-state index is 12.7. The molecule has 3 rings (SSSR count). The van der Waals surface area contributed by atoms with Crippen LogP contribution < -0.4 is 10.6 Å². The molecule has 3 nitrogen and oxygen atoms in total. The van der Waals surface area contributed by atoms with Crippen LogP contribution >= 0.6 is 0 Å². The van der Waals surface area contributed by atoms with E-state index < -0.39 is 11.9 Å². The third-order valence-electron chi connectivity index (χ3n) is 4.31. The second-order valence-electron chi connectivity index (χ2n) is 5.48. The predicted molar refractivity (Wildman–Crippen MR) is 65.6 cm³/mol. The van der Waals surface area contributed by atoms with Crippen molar-refractivity contribution < 1.29 is 13.2 Å². The highest BCUT2D eigenvalue weighted by atomic mass is 19.4. The fraction of sp³-hybridized carbons (Fsp3) is 0.615. The molecule has 2 aliphatic rings. The highest BCUT2D eigenvalue weighted by Gasteiger charge is 2.40. The van der Waals surface area contributed by atoms with Crippen molar-refractivity contribution in [2.24, 2.45) is 17.6 Å². The fourth-order valence-electron chi connectivity index (χ4n) is 3.25. The van der Waals surface area contributed by atoms with Gasteiger partial charge < -0.3 is 10.6 Å². The number of hydrogen-bond donors (Lipinski definition) is 1. The topological polar surface area (TPSA) is 42.1 Å². The van der Waals surface area contributed by atoms with Gasteiger partial charge in [-0.15, -0.1) is 0 Å². The normalized spacial score (nSPS) is 30.7. The van der Waals surface area contributed by atoms with Crippen molar-refractivity contribution in [3.8, 4) is 0 Å². The van der Waals surface area contributed by atoms with Gasteiger partial charge in [-0.1, -0.05) is 0 Å². The lowest BCUT2D eigenvalue weighted by Gasteiger charge is -2.37. The summed E-state index contributed by atoms with van der Waals surface area (Å²) in [5, 5.41) is 0. The number of pyridine rings is 1. The maximum Gasteiger partial charge on any atom is 0.433 e. The standard InChI is InChI=1S/C13H16F3N3/c14-13(15,16)11-5-10(3-4-18-11)19-6-8-1-2-9(7-19)12(8)17/h3-5,8-9,12H,1-2,6-7,17H2/t8-,9+,12+. The van der Waals surface area contributed by atoms with Gasteiger partial charge in [-0.05, 0) is 36.8 Å². The van der Waals surface area contributed by atoms with Crippen LogP contribution in [-0.2, 0) is 6.18 Å². The number of piperidine rings is 1. The first-order chi connectivity index (χ1) is 8.95. The minimum atomic E-state index is -4.39. The zero-order valence-electron chi connectivity index (χ0n) is 10.4. The van der Waals surface area contributed by atoms with Gasteiger partial charge in [0.2, 0.25) is 0 Å². The van der Waals surface area contributed by atoms with Crippen LogP contribution in [0.4, 0.5) is 18.9 Å². The molecule has 1 aliphatic heterocycles. The van der Waals surface area contributed by atoms with E-state index in [0.717, 1.165) is 32.0 Å². The van der Waals surface area contributed by atoms with Gasteiger partial charge in [0.15, 0.2) is 0 Å². The molecular formula is C13H16F3N3. The second kappa shape index (κ2) is 4.37. The second-order valence-corrected chi connectivity index (χ2v) is 5.48. The molecular weight excluding hydrogens is 255 g/mol. The van der Waals surface area contributed by atoms with E-state index in [2.05, 4.69) is 4.98 Å². The van der Waals surface area contributed by atoms with Crippen molar-refractivity contribution in [1.82, 2.24) is 4.98 Å². The molecule has 1 saturated heterocycles. The molecule has 1 saturated carbocycles. The molecule has 0 unspecified atom stereocenters. The summed E-state index contributed by atoms with van der Waals surface area (Å²) in [6.45, 7) is 1.50. The Kier molecular flexibility index (Phi) is 2.92. The van der Waals surface area contributed by atoms with E-state index in [9.17, 15) is 13.2 Å². The zero-order chi connectivity index (χ0) is 13.6. The molecule has 3 atom stereocenters. The van der Waals surface area contributed by atoms with Crippen molar-refractivity contribution in [3.63, 3.8) is 0 Å². The Labute approximate surface area is 109 Å². The van der Waals surface area contributed by atoms with Crippen molar-refractivity contribution in [2.45, 2.75) is 25.1 Å². The number of alkyl halides is 3. The molecule has 2 fully saturated rings. The summed E-state index contributed by atoms with van der Waals surface area (Å²) in [5.41, 5.74) is 5.88. The Morgan fingerprint density at radius 1 is 1.21 bits per heavy atom. The third-order valence-corrected chi connectivity index (χ3v) is 4.31. The summed E-state index contributed by atoms with van der Waals surface area (Å²) >= 11 is 0. The molecule has 2 N–H and O–H groups in total.